The van der Waals surface area contributed by atoms with E-state index in [1.54, 1.807) is 71.5 Å². The van der Waals surface area contributed by atoms with Crippen molar-refractivity contribution in [2.24, 2.45) is 22.3 Å². The Morgan fingerprint density at radius 3 is 0.992 bits per heavy atom. The molecule has 0 bridgehead atoms. The lowest BCUT2D eigenvalue weighted by Crippen LogP contribution is -2.30. The number of hydrogen-bond acceptors (Lipinski definition) is 24. The Labute approximate surface area is 781 Å². The van der Waals surface area contributed by atoms with E-state index in [0.717, 1.165) is 147 Å². The van der Waals surface area contributed by atoms with Crippen LogP contribution in [0.4, 0.5) is 0 Å². The second kappa shape index (κ2) is 60.7. The number of rotatable bonds is 42. The standard InChI is InChI=1S/C15H20BrClO2.2C14H18BrClN2O3.2C14H20BrClN2O2.C14H25NO5/c1-18-7-4-8-19-15-9-12(11-5-2-3-6-11)13(16)10-14(15)17;2*1-20-6-3-7-21-14-8-10(11(15)9-12(14)16)13-4-2-5-18(13)17-19;2*1-19-6-3-7-20-14-8-10(11(15)9-12(14)16)13-4-2-5-18(13)17;1-6-18-13(19-7-2)9-12(16)11(10-15(4)5)14(17)20-8-3/h9-11H,2-8H2,1H3;2*8-9,13H,2-7H2,1H3;2*8-9,13H,2-7,17H2,1H3;10,13H,6-9H2,1-5H3/b;;;;;11-10-. The lowest BCUT2D eigenvalue weighted by Gasteiger charge is -2.22. The van der Waals surface area contributed by atoms with Gasteiger partial charge in [0.05, 0.1) is 106 Å². The maximum atomic E-state index is 12.2. The molecule has 5 aromatic carbocycles. The van der Waals surface area contributed by atoms with E-state index in [9.17, 15) is 19.4 Å². The van der Waals surface area contributed by atoms with Gasteiger partial charge in [0, 0.05) is 183 Å². The summed E-state index contributed by atoms with van der Waals surface area (Å²) in [5, 5.41) is 16.1. The Bertz CT molecular complexity index is 3770. The van der Waals surface area contributed by atoms with Crippen LogP contribution in [-0.2, 0) is 47.5 Å². The number of benzene rings is 5. The fourth-order valence-electron chi connectivity index (χ4n) is 13.9. The number of nitrogens with zero attached hydrogens (tertiary/aromatic N) is 7. The van der Waals surface area contributed by atoms with Crippen molar-refractivity contribution < 1.29 is 71.2 Å². The molecule has 5 fully saturated rings. The molecule has 1 aliphatic carbocycles. The molecule has 4 unspecified atom stereocenters. The van der Waals surface area contributed by atoms with Crippen molar-refractivity contribution in [2.75, 3.05) is 162 Å². The van der Waals surface area contributed by atoms with Crippen LogP contribution in [0.3, 0.4) is 0 Å². The molecule has 36 heteroatoms. The highest BCUT2D eigenvalue weighted by Crippen LogP contribution is 2.46. The molecule has 4 heterocycles. The van der Waals surface area contributed by atoms with Crippen LogP contribution in [0.5, 0.6) is 28.7 Å². The quantitative estimate of drug-likeness (QED) is 0.00536. The van der Waals surface area contributed by atoms with Gasteiger partial charge >= 0.3 is 5.97 Å². The van der Waals surface area contributed by atoms with Gasteiger partial charge in [-0.3, -0.25) is 26.5 Å². The Kier molecular flexibility index (Phi) is 53.9. The number of esters is 1. The number of ether oxygens (including phenoxy) is 13. The van der Waals surface area contributed by atoms with Crippen molar-refractivity contribution in [3.8, 4) is 28.7 Å². The molecule has 0 spiro atoms. The first-order chi connectivity index (χ1) is 58.3. The zero-order chi connectivity index (χ0) is 88.8. The van der Waals surface area contributed by atoms with Crippen molar-refractivity contribution >= 4 is 149 Å². The van der Waals surface area contributed by atoms with E-state index >= 15 is 0 Å². The van der Waals surface area contributed by atoms with E-state index in [1.165, 1.54) is 37.4 Å². The maximum Gasteiger partial charge on any atom is 0.343 e. The summed E-state index contributed by atoms with van der Waals surface area (Å²) in [4.78, 5) is 47.4. The molecular formula is C85H121Br5Cl5N9O17. The van der Waals surface area contributed by atoms with Crippen LogP contribution in [0.1, 0.15) is 194 Å². The van der Waals surface area contributed by atoms with Crippen molar-refractivity contribution in [3.05, 3.63) is 158 Å². The molecule has 678 valence electrons. The summed E-state index contributed by atoms with van der Waals surface area (Å²) >= 11 is 48.9. The Hall–Kier alpha value is -4.01. The van der Waals surface area contributed by atoms with E-state index < -0.39 is 12.3 Å². The molecular weight excluding hydrogens is 2000 g/mol. The van der Waals surface area contributed by atoms with Gasteiger partial charge in [0.1, 0.15) is 34.3 Å². The number of Topliss-reactive ketones (excluding diaryl/α,β-unsaturated/α-hetero) is 1. The Morgan fingerprint density at radius 1 is 0.430 bits per heavy atom. The van der Waals surface area contributed by atoms with Crippen LogP contribution in [0, 0.1) is 9.81 Å². The molecule has 1 saturated carbocycles. The summed E-state index contributed by atoms with van der Waals surface area (Å²) in [6.07, 6.45) is 18.2. The lowest BCUT2D eigenvalue weighted by molar-refractivity contribution is -0.152. The summed E-state index contributed by atoms with van der Waals surface area (Å²) in [6.45, 7) is 15.9. The highest BCUT2D eigenvalue weighted by Gasteiger charge is 2.33. The summed E-state index contributed by atoms with van der Waals surface area (Å²) in [7, 11) is 11.8. The number of methoxy groups -OCH3 is 5. The van der Waals surface area contributed by atoms with Gasteiger partial charge in [-0.1, -0.05) is 150 Å². The minimum atomic E-state index is -0.641. The average Bonchev–Trinajstić information content (AvgIpc) is 1.77. The number of nitrogens with two attached hydrogens (primary N) is 2. The Morgan fingerprint density at radius 2 is 0.719 bits per heavy atom. The van der Waals surface area contributed by atoms with Crippen molar-refractivity contribution in [1.29, 1.82) is 0 Å². The topological polar surface area (TPSA) is 281 Å². The molecule has 4 atom stereocenters. The molecule has 0 amide bonds. The van der Waals surface area contributed by atoms with Gasteiger partial charge < -0.3 is 66.5 Å². The third kappa shape index (κ3) is 36.9. The fourth-order valence-corrected chi connectivity index (χ4v) is 18.7. The van der Waals surface area contributed by atoms with E-state index in [2.05, 4.69) is 96.3 Å². The first-order valence-electron chi connectivity index (χ1n) is 40.9. The Balaban J connectivity index is 0.000000258. The minimum absolute atomic E-state index is 0.00116. The third-order valence-electron chi connectivity index (χ3n) is 19.7. The first-order valence-corrected chi connectivity index (χ1v) is 46.7. The molecule has 10 rings (SSSR count). The van der Waals surface area contributed by atoms with Crippen LogP contribution < -0.4 is 35.4 Å². The lowest BCUT2D eigenvalue weighted by atomic mass is 9.97. The number of hydrogen-bond donors (Lipinski definition) is 2. The van der Waals surface area contributed by atoms with Gasteiger partial charge in [-0.15, -0.1) is 9.81 Å². The number of carbonyl (C=O) groups excluding carboxylic acids is 2. The van der Waals surface area contributed by atoms with Crippen molar-refractivity contribution in [1.82, 2.24) is 24.9 Å². The van der Waals surface area contributed by atoms with Gasteiger partial charge in [-0.05, 0) is 179 Å². The second-order valence-corrected chi connectivity index (χ2v) is 35.1. The number of carbonyl (C=O) groups is 2. The molecule has 5 aliphatic rings. The summed E-state index contributed by atoms with van der Waals surface area (Å²) in [5.74, 6) is 15.2. The van der Waals surface area contributed by atoms with Gasteiger partial charge in [0.15, 0.2) is 12.1 Å². The van der Waals surface area contributed by atoms with Crippen LogP contribution in [0.25, 0.3) is 0 Å². The first kappa shape index (κ1) is 108. The fraction of sp³-hybridized carbons (Fsp3) is 0.600. The van der Waals surface area contributed by atoms with E-state index in [-0.39, 0.29) is 48.6 Å². The minimum Gasteiger partial charge on any atom is -0.492 e. The molecule has 4 N–H and O–H groups in total. The molecule has 0 radical (unpaired) electrons. The number of ketones is 1. The number of hydrazine groups is 2. The maximum absolute atomic E-state index is 12.2. The van der Waals surface area contributed by atoms with Crippen molar-refractivity contribution in [2.45, 2.75) is 173 Å². The highest BCUT2D eigenvalue weighted by molar-refractivity contribution is 9.11. The number of halogens is 10. The van der Waals surface area contributed by atoms with Crippen LogP contribution in [-0.4, -0.2) is 205 Å². The highest BCUT2D eigenvalue weighted by atomic mass is 79.9. The summed E-state index contributed by atoms with van der Waals surface area (Å²) < 4.78 is 74.0. The molecule has 121 heavy (non-hydrogen) atoms. The van der Waals surface area contributed by atoms with Gasteiger partial charge in [0.25, 0.3) is 0 Å². The monoisotopic (exact) mass is 2110 g/mol. The van der Waals surface area contributed by atoms with E-state index in [4.69, 9.17) is 131 Å². The van der Waals surface area contributed by atoms with Crippen molar-refractivity contribution in [3.63, 3.8) is 0 Å². The van der Waals surface area contributed by atoms with E-state index in [1.807, 2.05) is 78.5 Å². The predicted molar refractivity (Wildman–Crippen MR) is 497 cm³/mol. The smallest absolute Gasteiger partial charge is 0.343 e. The van der Waals surface area contributed by atoms with Crippen LogP contribution in [0.15, 0.2) is 105 Å². The van der Waals surface area contributed by atoms with Gasteiger partial charge in [0.2, 0.25) is 0 Å². The normalized spacial score (nSPS) is 17.1. The molecule has 5 aromatic rings. The SMILES string of the molecule is CCOC(=O)/C(=C\N(C)C)C(=O)CC(OCC)OCC.COCCCOc1cc(C2CCCC2)c(Br)cc1Cl.COCCCOc1cc(C2CCCN2N)c(Br)cc1Cl.COCCCOc1cc(C2CCCN2N)c(Br)cc1Cl.COCCCOc1cc(C2CCCN2N=O)c(Br)cc1Cl.COCCCOc1cc(C2CCCN2N=O)c(Br)cc1Cl. The predicted octanol–water partition coefficient (Wildman–Crippen LogP) is 22.3. The van der Waals surface area contributed by atoms with Gasteiger partial charge in [-0.25, -0.2) is 14.8 Å². The zero-order valence-corrected chi connectivity index (χ0v) is 82.8. The third-order valence-corrected chi connectivity index (χ3v) is 24.6. The molecule has 26 nitrogen and oxygen atoms in total. The molecule has 4 aliphatic heterocycles. The second-order valence-electron chi connectivity index (χ2n) is 28.8. The van der Waals surface area contributed by atoms with Crippen LogP contribution in [0.2, 0.25) is 25.1 Å². The number of nitroso groups, excluding NO2 is 2. The van der Waals surface area contributed by atoms with Gasteiger partial charge in [-0.2, -0.15) is 0 Å². The molecule has 4 saturated heterocycles. The average molecular weight is 2120 g/mol. The largest absolute Gasteiger partial charge is 0.492 e. The summed E-state index contributed by atoms with van der Waals surface area (Å²) in [6, 6.07) is 19.6. The molecule has 0 aromatic heterocycles. The van der Waals surface area contributed by atoms with E-state index in [0.29, 0.717) is 146 Å². The summed E-state index contributed by atoms with van der Waals surface area (Å²) in [5.41, 5.74) is 5.58. The van der Waals surface area contributed by atoms with Crippen LogP contribution >= 0.6 is 138 Å². The zero-order valence-electron chi connectivity index (χ0n) is 71.1.